The molecule has 0 radical (unpaired) electrons. The number of esters is 1. The minimum Gasteiger partial charge on any atom is -0.497 e. The number of hydrogen-bond donors (Lipinski definition) is 0. The third-order valence-electron chi connectivity index (χ3n) is 3.00. The van der Waals surface area contributed by atoms with E-state index >= 15 is 0 Å². The van der Waals surface area contributed by atoms with E-state index in [0.29, 0.717) is 5.02 Å². The summed E-state index contributed by atoms with van der Waals surface area (Å²) in [5.41, 5.74) is 0.941. The van der Waals surface area contributed by atoms with Crippen LogP contribution < -0.4 is 9.47 Å². The maximum atomic E-state index is 12.2. The average Bonchev–Trinajstić information content (AvgIpc) is 2.54. The van der Waals surface area contributed by atoms with Crippen LogP contribution in [0.5, 0.6) is 11.5 Å². The maximum Gasteiger partial charge on any atom is 0.343 e. The number of rotatable bonds is 5. The first-order valence-corrected chi connectivity index (χ1v) is 7.14. The quantitative estimate of drug-likeness (QED) is 0.758. The Morgan fingerprint density at radius 2 is 1.59 bits per heavy atom. The van der Waals surface area contributed by atoms with E-state index in [2.05, 4.69) is 0 Å². The fraction of sp³-hybridized carbons (Fsp3) is 0.188. The van der Waals surface area contributed by atoms with Crippen molar-refractivity contribution in [3.8, 4) is 11.5 Å². The summed E-state index contributed by atoms with van der Waals surface area (Å²) in [6.07, 6.45) is 0. The molecule has 0 saturated heterocycles. The van der Waals surface area contributed by atoms with E-state index in [0.717, 1.165) is 11.3 Å². The lowest BCUT2D eigenvalue weighted by Gasteiger charge is -2.12. The van der Waals surface area contributed by atoms with Gasteiger partial charge in [-0.1, -0.05) is 35.3 Å². The van der Waals surface area contributed by atoms with E-state index < -0.39 is 5.97 Å². The number of hydrogen-bond acceptors (Lipinski definition) is 4. The van der Waals surface area contributed by atoms with Gasteiger partial charge in [-0.3, -0.25) is 0 Å². The van der Waals surface area contributed by atoms with Crippen LogP contribution in [0.3, 0.4) is 0 Å². The minimum atomic E-state index is -0.597. The second-order valence-corrected chi connectivity index (χ2v) is 5.18. The number of halogens is 2. The molecule has 2 rings (SSSR count). The Morgan fingerprint density at radius 3 is 2.18 bits per heavy atom. The summed E-state index contributed by atoms with van der Waals surface area (Å²) in [6.45, 7) is 0.106. The van der Waals surface area contributed by atoms with Gasteiger partial charge in [0, 0.05) is 0 Å². The molecule has 0 aliphatic heterocycles. The lowest BCUT2D eigenvalue weighted by atomic mass is 10.2. The highest BCUT2D eigenvalue weighted by Gasteiger charge is 2.20. The summed E-state index contributed by atoms with van der Waals surface area (Å²) < 4.78 is 15.5. The number of methoxy groups -OCH3 is 2. The largest absolute Gasteiger partial charge is 0.497 e. The summed E-state index contributed by atoms with van der Waals surface area (Å²) in [5, 5.41) is 0.518. The van der Waals surface area contributed by atoms with E-state index in [4.69, 9.17) is 37.4 Å². The summed E-state index contributed by atoms with van der Waals surface area (Å²) in [7, 11) is 3.00. The van der Waals surface area contributed by atoms with Crippen molar-refractivity contribution in [1.29, 1.82) is 0 Å². The van der Waals surface area contributed by atoms with Gasteiger partial charge in [0.15, 0.2) is 5.75 Å². The van der Waals surface area contributed by atoms with E-state index in [1.54, 1.807) is 25.3 Å². The molecule has 4 nitrogen and oxygen atoms in total. The molecule has 2 aromatic rings. The molecule has 0 saturated carbocycles. The van der Waals surface area contributed by atoms with Gasteiger partial charge in [0.2, 0.25) is 0 Å². The molecule has 0 fully saturated rings. The number of carbonyl (C=O) groups excluding carboxylic acids is 1. The molecule has 22 heavy (non-hydrogen) atoms. The van der Waals surface area contributed by atoms with Crippen LogP contribution in [0, 0.1) is 0 Å². The first-order valence-electron chi connectivity index (χ1n) is 6.39. The van der Waals surface area contributed by atoms with Crippen molar-refractivity contribution < 1.29 is 19.0 Å². The van der Waals surface area contributed by atoms with E-state index in [9.17, 15) is 4.79 Å². The van der Waals surface area contributed by atoms with Gasteiger partial charge < -0.3 is 14.2 Å². The van der Waals surface area contributed by atoms with E-state index in [1.807, 2.05) is 12.1 Å². The van der Waals surface area contributed by atoms with Crippen molar-refractivity contribution in [3.05, 3.63) is 57.6 Å². The molecule has 0 aromatic heterocycles. The molecule has 0 spiro atoms. The van der Waals surface area contributed by atoms with Crippen LogP contribution in [0.15, 0.2) is 36.4 Å². The molecule has 0 aliphatic rings. The highest BCUT2D eigenvalue weighted by molar-refractivity contribution is 6.37. The molecule has 2 aromatic carbocycles. The second kappa shape index (κ2) is 7.38. The van der Waals surface area contributed by atoms with Gasteiger partial charge >= 0.3 is 5.97 Å². The maximum absolute atomic E-state index is 12.2. The van der Waals surface area contributed by atoms with Crippen LogP contribution in [-0.2, 0) is 11.3 Å². The highest BCUT2D eigenvalue weighted by atomic mass is 35.5. The molecule has 0 aliphatic carbocycles. The first-order chi connectivity index (χ1) is 10.6. The zero-order valence-electron chi connectivity index (χ0n) is 12.1. The minimum absolute atomic E-state index is 0.106. The molecular formula is C16H14Cl2O4. The zero-order chi connectivity index (χ0) is 16.1. The average molecular weight is 341 g/mol. The number of ether oxygens (including phenoxy) is 3. The standard InChI is InChI=1S/C16H14Cl2O4/c1-20-11-5-3-10(4-6-11)9-22-16(19)14-12(17)7-8-13(18)15(14)21-2/h3-8H,9H2,1-2H3. The lowest BCUT2D eigenvalue weighted by molar-refractivity contribution is 0.0469. The van der Waals surface area contributed by atoms with Crippen molar-refractivity contribution >= 4 is 29.2 Å². The van der Waals surface area contributed by atoms with Crippen molar-refractivity contribution in [3.63, 3.8) is 0 Å². The number of carbonyl (C=O) groups is 1. The van der Waals surface area contributed by atoms with Gasteiger partial charge in [0.1, 0.15) is 17.9 Å². The summed E-state index contributed by atoms with van der Waals surface area (Å²) in [6, 6.07) is 10.3. The second-order valence-electron chi connectivity index (χ2n) is 4.36. The third kappa shape index (κ3) is 3.64. The zero-order valence-corrected chi connectivity index (χ0v) is 13.6. The predicted molar refractivity (Wildman–Crippen MR) is 85.1 cm³/mol. The Balaban J connectivity index is 2.14. The fourth-order valence-electron chi connectivity index (χ4n) is 1.87. The molecule has 0 amide bonds. The van der Waals surface area contributed by atoms with Gasteiger partial charge in [-0.05, 0) is 29.8 Å². The van der Waals surface area contributed by atoms with Gasteiger partial charge in [-0.2, -0.15) is 0 Å². The Morgan fingerprint density at radius 1 is 0.955 bits per heavy atom. The Hall–Kier alpha value is -1.91. The van der Waals surface area contributed by atoms with Crippen LogP contribution in [0.4, 0.5) is 0 Å². The molecule has 6 heteroatoms. The van der Waals surface area contributed by atoms with Gasteiger partial charge in [-0.15, -0.1) is 0 Å². The Kier molecular flexibility index (Phi) is 5.52. The topological polar surface area (TPSA) is 44.8 Å². The molecule has 0 unspecified atom stereocenters. The van der Waals surface area contributed by atoms with Crippen molar-refractivity contribution in [2.24, 2.45) is 0 Å². The SMILES string of the molecule is COc1ccc(COC(=O)c2c(Cl)ccc(Cl)c2OC)cc1. The first kappa shape index (κ1) is 16.5. The third-order valence-corrected chi connectivity index (χ3v) is 3.61. The molecule has 0 bridgehead atoms. The highest BCUT2D eigenvalue weighted by Crippen LogP contribution is 2.34. The van der Waals surface area contributed by atoms with Crippen LogP contribution in [0.2, 0.25) is 10.0 Å². The van der Waals surface area contributed by atoms with Crippen molar-refractivity contribution in [2.75, 3.05) is 14.2 Å². The van der Waals surface area contributed by atoms with Gasteiger partial charge in [0.25, 0.3) is 0 Å². The normalized spacial score (nSPS) is 10.2. The van der Waals surface area contributed by atoms with Crippen LogP contribution in [-0.4, -0.2) is 20.2 Å². The van der Waals surface area contributed by atoms with Crippen molar-refractivity contribution in [1.82, 2.24) is 0 Å². The molecule has 0 atom stereocenters. The summed E-state index contributed by atoms with van der Waals surface area (Å²) >= 11 is 12.0. The molecule has 0 heterocycles. The predicted octanol–water partition coefficient (Wildman–Crippen LogP) is 4.37. The molecule has 116 valence electrons. The fourth-order valence-corrected chi connectivity index (χ4v) is 2.33. The smallest absolute Gasteiger partial charge is 0.343 e. The number of benzene rings is 2. The Bertz CT molecular complexity index is 669. The summed E-state index contributed by atoms with van der Waals surface area (Å²) in [4.78, 5) is 12.2. The van der Waals surface area contributed by atoms with E-state index in [-0.39, 0.29) is 22.9 Å². The molecular weight excluding hydrogens is 327 g/mol. The van der Waals surface area contributed by atoms with Gasteiger partial charge in [0.05, 0.1) is 24.3 Å². The van der Waals surface area contributed by atoms with E-state index in [1.165, 1.54) is 13.2 Å². The monoisotopic (exact) mass is 340 g/mol. The van der Waals surface area contributed by atoms with Crippen LogP contribution in [0.25, 0.3) is 0 Å². The lowest BCUT2D eigenvalue weighted by Crippen LogP contribution is -2.08. The van der Waals surface area contributed by atoms with Crippen LogP contribution >= 0.6 is 23.2 Å². The van der Waals surface area contributed by atoms with Gasteiger partial charge in [-0.25, -0.2) is 4.79 Å². The molecule has 0 N–H and O–H groups in total. The Labute approximate surface area is 138 Å². The van der Waals surface area contributed by atoms with Crippen LogP contribution in [0.1, 0.15) is 15.9 Å². The summed E-state index contributed by atoms with van der Waals surface area (Å²) in [5.74, 6) is 0.337. The van der Waals surface area contributed by atoms with Crippen molar-refractivity contribution in [2.45, 2.75) is 6.61 Å².